The van der Waals surface area contributed by atoms with E-state index in [2.05, 4.69) is 5.32 Å². The molecule has 0 bridgehead atoms. The predicted molar refractivity (Wildman–Crippen MR) is 91.6 cm³/mol. The Kier molecular flexibility index (Phi) is 4.18. The lowest BCUT2D eigenvalue weighted by molar-refractivity contribution is -0.122. The Hall–Kier alpha value is -2.92. The molecule has 2 aromatic rings. The number of barbiturate groups is 1. The van der Waals surface area contributed by atoms with Gasteiger partial charge in [-0.2, -0.15) is 0 Å². The zero-order chi connectivity index (χ0) is 17.3. The second-order valence-electron chi connectivity index (χ2n) is 5.35. The van der Waals surface area contributed by atoms with Crippen LogP contribution in [0.15, 0.2) is 54.1 Å². The highest BCUT2D eigenvalue weighted by molar-refractivity contribution is 6.39. The van der Waals surface area contributed by atoms with Gasteiger partial charge in [-0.3, -0.25) is 14.9 Å². The van der Waals surface area contributed by atoms with Gasteiger partial charge in [0.05, 0.1) is 5.69 Å². The molecule has 0 atom stereocenters. The van der Waals surface area contributed by atoms with Crippen molar-refractivity contribution in [2.24, 2.45) is 0 Å². The number of aryl methyl sites for hydroxylation is 1. The van der Waals surface area contributed by atoms with Crippen LogP contribution in [0.3, 0.4) is 0 Å². The number of benzene rings is 2. The third-order valence-electron chi connectivity index (χ3n) is 3.54. The van der Waals surface area contributed by atoms with Crippen LogP contribution >= 0.6 is 11.6 Å². The topological polar surface area (TPSA) is 66.5 Å². The van der Waals surface area contributed by atoms with Crippen molar-refractivity contribution in [3.8, 4) is 0 Å². The molecule has 0 saturated carbocycles. The van der Waals surface area contributed by atoms with Crippen molar-refractivity contribution in [2.45, 2.75) is 6.92 Å². The number of carbonyl (C=O) groups excluding carboxylic acids is 3. The van der Waals surface area contributed by atoms with Crippen LogP contribution in [0, 0.1) is 6.92 Å². The maximum atomic E-state index is 12.7. The smallest absolute Gasteiger partial charge is 0.273 e. The van der Waals surface area contributed by atoms with E-state index < -0.39 is 17.8 Å². The van der Waals surface area contributed by atoms with Crippen molar-refractivity contribution in [3.63, 3.8) is 0 Å². The summed E-state index contributed by atoms with van der Waals surface area (Å²) in [6, 6.07) is 12.8. The van der Waals surface area contributed by atoms with Crippen LogP contribution < -0.4 is 10.2 Å². The van der Waals surface area contributed by atoms with Crippen LogP contribution in [0.25, 0.3) is 6.08 Å². The first-order valence-corrected chi connectivity index (χ1v) is 7.57. The fourth-order valence-corrected chi connectivity index (χ4v) is 2.53. The summed E-state index contributed by atoms with van der Waals surface area (Å²) in [5.41, 5.74) is 1.94. The number of amides is 4. The number of imide groups is 2. The van der Waals surface area contributed by atoms with Crippen LogP contribution in [-0.4, -0.2) is 17.8 Å². The maximum absolute atomic E-state index is 12.7. The molecule has 1 aliphatic heterocycles. The van der Waals surface area contributed by atoms with Crippen LogP contribution in [0.4, 0.5) is 10.5 Å². The molecule has 5 nitrogen and oxygen atoms in total. The lowest BCUT2D eigenvalue weighted by atomic mass is 10.1. The molecule has 1 N–H and O–H groups in total. The second-order valence-corrected chi connectivity index (χ2v) is 5.78. The van der Waals surface area contributed by atoms with Gasteiger partial charge in [0.2, 0.25) is 0 Å². The normalized spacial score (nSPS) is 16.5. The van der Waals surface area contributed by atoms with Gasteiger partial charge in [-0.25, -0.2) is 9.69 Å². The number of anilines is 1. The van der Waals surface area contributed by atoms with Crippen LogP contribution in [0.1, 0.15) is 11.1 Å². The summed E-state index contributed by atoms with van der Waals surface area (Å²) in [6.07, 6.45) is 1.47. The lowest BCUT2D eigenvalue weighted by Gasteiger charge is -2.26. The Labute approximate surface area is 143 Å². The van der Waals surface area contributed by atoms with Gasteiger partial charge in [0.15, 0.2) is 0 Å². The summed E-state index contributed by atoms with van der Waals surface area (Å²) in [5, 5.41) is 2.67. The van der Waals surface area contributed by atoms with Crippen molar-refractivity contribution in [2.75, 3.05) is 4.90 Å². The summed E-state index contributed by atoms with van der Waals surface area (Å²) in [7, 11) is 0. The predicted octanol–water partition coefficient (Wildman–Crippen LogP) is 3.31. The minimum atomic E-state index is -0.784. The third kappa shape index (κ3) is 3.07. The minimum Gasteiger partial charge on any atom is -0.273 e. The van der Waals surface area contributed by atoms with E-state index in [9.17, 15) is 14.4 Å². The van der Waals surface area contributed by atoms with E-state index in [1.807, 2.05) is 25.1 Å². The van der Waals surface area contributed by atoms with Gasteiger partial charge in [-0.05, 0) is 42.8 Å². The van der Waals surface area contributed by atoms with Gasteiger partial charge in [-0.1, -0.05) is 41.4 Å². The number of urea groups is 1. The van der Waals surface area contributed by atoms with Crippen molar-refractivity contribution in [3.05, 3.63) is 70.3 Å². The van der Waals surface area contributed by atoms with E-state index in [4.69, 9.17) is 11.6 Å². The number of rotatable bonds is 2. The molecule has 1 aliphatic rings. The van der Waals surface area contributed by atoms with E-state index in [1.165, 1.54) is 6.08 Å². The summed E-state index contributed by atoms with van der Waals surface area (Å²) in [5.74, 6) is -1.38. The number of nitrogens with one attached hydrogen (secondary N) is 1. The SMILES string of the molecule is Cc1cccc(/C=C2\C(=O)NC(=O)N(c3ccc(Cl)cc3)C2=O)c1. The molecule has 120 valence electrons. The van der Waals surface area contributed by atoms with E-state index in [1.54, 1.807) is 30.3 Å². The molecule has 0 aromatic heterocycles. The second kappa shape index (κ2) is 6.29. The lowest BCUT2D eigenvalue weighted by Crippen LogP contribution is -2.54. The van der Waals surface area contributed by atoms with Crippen LogP contribution in [0.5, 0.6) is 0 Å². The van der Waals surface area contributed by atoms with Gasteiger partial charge < -0.3 is 0 Å². The highest BCUT2D eigenvalue weighted by Gasteiger charge is 2.36. The molecular formula is C18H13ClN2O3. The molecule has 1 saturated heterocycles. The molecule has 4 amide bonds. The number of nitrogens with zero attached hydrogens (tertiary/aromatic N) is 1. The van der Waals surface area contributed by atoms with Crippen molar-refractivity contribution in [1.29, 1.82) is 0 Å². The number of halogens is 1. The number of hydrogen-bond acceptors (Lipinski definition) is 3. The van der Waals surface area contributed by atoms with Crippen molar-refractivity contribution in [1.82, 2.24) is 5.32 Å². The molecule has 2 aromatic carbocycles. The Balaban J connectivity index is 2.01. The van der Waals surface area contributed by atoms with Crippen LogP contribution in [-0.2, 0) is 9.59 Å². The van der Waals surface area contributed by atoms with E-state index in [0.29, 0.717) is 16.3 Å². The standard InChI is InChI=1S/C18H13ClN2O3/c1-11-3-2-4-12(9-11)10-15-16(22)20-18(24)21(17(15)23)14-7-5-13(19)6-8-14/h2-10H,1H3,(H,20,22,24)/b15-10+. The zero-order valence-corrected chi connectivity index (χ0v) is 13.5. The van der Waals surface area contributed by atoms with E-state index in [0.717, 1.165) is 10.5 Å². The zero-order valence-electron chi connectivity index (χ0n) is 12.7. The molecular weight excluding hydrogens is 328 g/mol. The first kappa shape index (κ1) is 16.0. The summed E-state index contributed by atoms with van der Waals surface area (Å²) >= 11 is 5.83. The van der Waals surface area contributed by atoms with Crippen LogP contribution in [0.2, 0.25) is 5.02 Å². The minimum absolute atomic E-state index is 0.102. The Morgan fingerprint density at radius 1 is 1.04 bits per heavy atom. The summed E-state index contributed by atoms with van der Waals surface area (Å²) in [4.78, 5) is 37.7. The fraction of sp³-hybridized carbons (Fsp3) is 0.0556. The molecule has 0 radical (unpaired) electrons. The highest BCUT2D eigenvalue weighted by Crippen LogP contribution is 2.23. The van der Waals surface area contributed by atoms with Crippen molar-refractivity contribution < 1.29 is 14.4 Å². The highest BCUT2D eigenvalue weighted by atomic mass is 35.5. The molecule has 0 unspecified atom stereocenters. The first-order valence-electron chi connectivity index (χ1n) is 7.19. The molecule has 24 heavy (non-hydrogen) atoms. The van der Waals surface area contributed by atoms with E-state index >= 15 is 0 Å². The summed E-state index contributed by atoms with van der Waals surface area (Å²) in [6.45, 7) is 1.91. The third-order valence-corrected chi connectivity index (χ3v) is 3.79. The van der Waals surface area contributed by atoms with Crippen molar-refractivity contribution >= 4 is 41.2 Å². The van der Waals surface area contributed by atoms with Gasteiger partial charge in [0.25, 0.3) is 11.8 Å². The number of hydrogen-bond donors (Lipinski definition) is 1. The molecule has 0 spiro atoms. The average molecular weight is 341 g/mol. The van der Waals surface area contributed by atoms with Gasteiger partial charge in [-0.15, -0.1) is 0 Å². The Morgan fingerprint density at radius 2 is 1.75 bits per heavy atom. The molecule has 6 heteroatoms. The molecule has 1 heterocycles. The van der Waals surface area contributed by atoms with Gasteiger partial charge in [0, 0.05) is 5.02 Å². The Bertz CT molecular complexity index is 872. The largest absolute Gasteiger partial charge is 0.335 e. The van der Waals surface area contributed by atoms with Gasteiger partial charge >= 0.3 is 6.03 Å². The maximum Gasteiger partial charge on any atom is 0.335 e. The first-order chi connectivity index (χ1) is 11.5. The fourth-order valence-electron chi connectivity index (χ4n) is 2.41. The molecule has 0 aliphatic carbocycles. The quantitative estimate of drug-likeness (QED) is 0.673. The summed E-state index contributed by atoms with van der Waals surface area (Å²) < 4.78 is 0. The average Bonchev–Trinajstić information content (AvgIpc) is 2.53. The monoisotopic (exact) mass is 340 g/mol. The van der Waals surface area contributed by atoms with E-state index in [-0.39, 0.29) is 5.57 Å². The molecule has 3 rings (SSSR count). The Morgan fingerprint density at radius 3 is 2.42 bits per heavy atom. The van der Waals surface area contributed by atoms with Gasteiger partial charge in [0.1, 0.15) is 5.57 Å². The number of carbonyl (C=O) groups is 3. The molecule has 1 fully saturated rings.